The number of hydrogen-bond acceptors (Lipinski definition) is 4. The SMILES string of the molecule is CC(C)=C[C@H](O)CC(C)=CCCC(C)=CCOc1ccc2ccc(=O)oc2c1. The third-order valence-electron chi connectivity index (χ3n) is 4.36. The summed E-state index contributed by atoms with van der Waals surface area (Å²) < 4.78 is 10.9. The van der Waals surface area contributed by atoms with Crippen LogP contribution in [0.4, 0.5) is 0 Å². The second-order valence-electron chi connectivity index (χ2n) is 7.42. The van der Waals surface area contributed by atoms with Gasteiger partial charge >= 0.3 is 5.63 Å². The maximum absolute atomic E-state index is 11.3. The highest BCUT2D eigenvalue weighted by molar-refractivity contribution is 5.77. The molecule has 2 rings (SSSR count). The molecular formula is C24H30O4. The topological polar surface area (TPSA) is 59.7 Å². The molecule has 0 bridgehead atoms. The Morgan fingerprint density at radius 2 is 1.86 bits per heavy atom. The Labute approximate surface area is 166 Å². The standard InChI is InChI=1S/C24H30O4/c1-17(2)14-21(25)15-19(4)7-5-6-18(3)12-13-27-22-10-8-20-9-11-24(26)28-23(20)16-22/h7-12,14,16,21,25H,5-6,13,15H2,1-4H3/t21-/m0/s1. The average Bonchev–Trinajstić information content (AvgIpc) is 2.60. The van der Waals surface area contributed by atoms with Crippen LogP contribution in [0.2, 0.25) is 0 Å². The summed E-state index contributed by atoms with van der Waals surface area (Å²) in [5.74, 6) is 0.676. The number of aliphatic hydroxyl groups excluding tert-OH is 1. The van der Waals surface area contributed by atoms with E-state index in [1.165, 1.54) is 17.2 Å². The number of aliphatic hydroxyl groups is 1. The van der Waals surface area contributed by atoms with E-state index in [4.69, 9.17) is 9.15 Å². The van der Waals surface area contributed by atoms with Gasteiger partial charge < -0.3 is 14.3 Å². The molecule has 150 valence electrons. The molecule has 0 saturated carbocycles. The van der Waals surface area contributed by atoms with Crippen LogP contribution >= 0.6 is 0 Å². The van der Waals surface area contributed by atoms with E-state index < -0.39 is 6.10 Å². The summed E-state index contributed by atoms with van der Waals surface area (Å²) in [5, 5.41) is 10.8. The molecule has 1 aromatic heterocycles. The van der Waals surface area contributed by atoms with Crippen LogP contribution in [-0.2, 0) is 0 Å². The highest BCUT2D eigenvalue weighted by Crippen LogP contribution is 2.19. The van der Waals surface area contributed by atoms with E-state index in [9.17, 15) is 9.90 Å². The largest absolute Gasteiger partial charge is 0.489 e. The first-order valence-electron chi connectivity index (χ1n) is 9.64. The van der Waals surface area contributed by atoms with Gasteiger partial charge in [0.05, 0.1) is 6.10 Å². The van der Waals surface area contributed by atoms with Crippen molar-refractivity contribution in [3.63, 3.8) is 0 Å². The van der Waals surface area contributed by atoms with Gasteiger partial charge in [-0.1, -0.05) is 28.9 Å². The third-order valence-corrected chi connectivity index (χ3v) is 4.36. The molecule has 1 atom stereocenters. The molecule has 0 radical (unpaired) electrons. The van der Waals surface area contributed by atoms with Gasteiger partial charge in [0.1, 0.15) is 17.9 Å². The summed E-state index contributed by atoms with van der Waals surface area (Å²) in [6.07, 6.45) is 8.30. The lowest BCUT2D eigenvalue weighted by Gasteiger charge is -2.07. The lowest BCUT2D eigenvalue weighted by atomic mass is 10.0. The lowest BCUT2D eigenvalue weighted by Crippen LogP contribution is -2.03. The lowest BCUT2D eigenvalue weighted by molar-refractivity contribution is 0.222. The van der Waals surface area contributed by atoms with Crippen molar-refractivity contribution in [1.82, 2.24) is 0 Å². The molecule has 1 N–H and O–H groups in total. The molecule has 28 heavy (non-hydrogen) atoms. The van der Waals surface area contributed by atoms with E-state index in [-0.39, 0.29) is 5.63 Å². The van der Waals surface area contributed by atoms with Crippen molar-refractivity contribution in [1.29, 1.82) is 0 Å². The van der Waals surface area contributed by atoms with E-state index in [2.05, 4.69) is 26.0 Å². The van der Waals surface area contributed by atoms with Gasteiger partial charge in [-0.25, -0.2) is 4.79 Å². The Kier molecular flexibility index (Phi) is 8.27. The highest BCUT2D eigenvalue weighted by atomic mass is 16.5. The summed E-state index contributed by atoms with van der Waals surface area (Å²) in [5.41, 5.74) is 3.75. The third kappa shape index (κ3) is 7.57. The minimum absolute atomic E-state index is 0.364. The predicted octanol–water partition coefficient (Wildman–Crippen LogP) is 5.56. The molecule has 1 aromatic carbocycles. The maximum Gasteiger partial charge on any atom is 0.336 e. The zero-order valence-corrected chi connectivity index (χ0v) is 17.2. The van der Waals surface area contributed by atoms with Crippen LogP contribution in [0, 0.1) is 0 Å². The van der Waals surface area contributed by atoms with E-state index >= 15 is 0 Å². The van der Waals surface area contributed by atoms with Gasteiger partial charge in [0.25, 0.3) is 0 Å². The van der Waals surface area contributed by atoms with Crippen LogP contribution in [-0.4, -0.2) is 17.8 Å². The second kappa shape index (κ2) is 10.7. The zero-order chi connectivity index (χ0) is 20.5. The molecule has 0 amide bonds. The smallest absolute Gasteiger partial charge is 0.336 e. The number of ether oxygens (including phenoxy) is 1. The van der Waals surface area contributed by atoms with Crippen LogP contribution < -0.4 is 10.4 Å². The molecule has 0 fully saturated rings. The molecular weight excluding hydrogens is 352 g/mol. The molecule has 4 heteroatoms. The molecule has 1 heterocycles. The summed E-state index contributed by atoms with van der Waals surface area (Å²) in [6.45, 7) is 8.60. The maximum atomic E-state index is 11.3. The number of rotatable bonds is 9. The molecule has 0 aliphatic rings. The van der Waals surface area contributed by atoms with Crippen LogP contribution in [0.25, 0.3) is 11.0 Å². The molecule has 0 aliphatic heterocycles. The number of fused-ring (bicyclic) bond motifs is 1. The molecule has 0 saturated heterocycles. The van der Waals surface area contributed by atoms with Gasteiger partial charge in [-0.3, -0.25) is 0 Å². The Morgan fingerprint density at radius 3 is 2.61 bits per heavy atom. The second-order valence-corrected chi connectivity index (χ2v) is 7.42. The average molecular weight is 383 g/mol. The van der Waals surface area contributed by atoms with Gasteiger partial charge in [0.2, 0.25) is 0 Å². The molecule has 4 nitrogen and oxygen atoms in total. The fourth-order valence-electron chi connectivity index (χ4n) is 2.92. The number of allylic oxidation sites excluding steroid dienone is 3. The Hall–Kier alpha value is -2.59. The van der Waals surface area contributed by atoms with Gasteiger partial charge in [-0.05, 0) is 71.2 Å². The minimum Gasteiger partial charge on any atom is -0.489 e. The highest BCUT2D eigenvalue weighted by Gasteiger charge is 2.02. The summed E-state index contributed by atoms with van der Waals surface area (Å²) in [7, 11) is 0. The molecule has 0 aliphatic carbocycles. The van der Waals surface area contributed by atoms with Gasteiger partial charge in [-0.15, -0.1) is 0 Å². The number of hydrogen-bond donors (Lipinski definition) is 1. The first-order chi connectivity index (χ1) is 13.3. The van der Waals surface area contributed by atoms with Crippen molar-refractivity contribution >= 4 is 11.0 Å². The van der Waals surface area contributed by atoms with Gasteiger partial charge in [0.15, 0.2) is 0 Å². The first kappa shape index (κ1) is 21.7. The number of benzene rings is 1. The van der Waals surface area contributed by atoms with E-state index in [1.807, 2.05) is 32.1 Å². The van der Waals surface area contributed by atoms with Crippen molar-refractivity contribution in [2.45, 2.75) is 53.1 Å². The van der Waals surface area contributed by atoms with Crippen LogP contribution in [0.5, 0.6) is 5.75 Å². The Balaban J connectivity index is 1.80. The van der Waals surface area contributed by atoms with E-state index in [0.717, 1.165) is 23.8 Å². The van der Waals surface area contributed by atoms with E-state index in [1.54, 1.807) is 12.1 Å². The minimum atomic E-state index is -0.405. The van der Waals surface area contributed by atoms with Gasteiger partial charge in [0, 0.05) is 17.5 Å². The van der Waals surface area contributed by atoms with Crippen LogP contribution in [0.3, 0.4) is 0 Å². The van der Waals surface area contributed by atoms with Crippen molar-refractivity contribution in [2.24, 2.45) is 0 Å². The van der Waals surface area contributed by atoms with Crippen LogP contribution in [0.1, 0.15) is 47.0 Å². The Bertz CT molecular complexity index is 927. The van der Waals surface area contributed by atoms with Crippen LogP contribution in [0.15, 0.2) is 74.5 Å². The van der Waals surface area contributed by atoms with E-state index in [0.29, 0.717) is 24.4 Å². The first-order valence-corrected chi connectivity index (χ1v) is 9.64. The molecule has 0 unspecified atom stereocenters. The van der Waals surface area contributed by atoms with Crippen molar-refractivity contribution in [2.75, 3.05) is 6.61 Å². The summed E-state index contributed by atoms with van der Waals surface area (Å²) >= 11 is 0. The fraction of sp³-hybridized carbons (Fsp3) is 0.375. The summed E-state index contributed by atoms with van der Waals surface area (Å²) in [4.78, 5) is 11.3. The van der Waals surface area contributed by atoms with Gasteiger partial charge in [-0.2, -0.15) is 0 Å². The van der Waals surface area contributed by atoms with Crippen molar-refractivity contribution < 1.29 is 14.3 Å². The zero-order valence-electron chi connectivity index (χ0n) is 17.2. The predicted molar refractivity (Wildman–Crippen MR) is 115 cm³/mol. The van der Waals surface area contributed by atoms with Crippen molar-refractivity contribution in [3.8, 4) is 5.75 Å². The fourth-order valence-corrected chi connectivity index (χ4v) is 2.92. The normalized spacial score (nSPS) is 13.5. The summed E-state index contributed by atoms with van der Waals surface area (Å²) in [6, 6.07) is 8.64. The molecule has 2 aromatic rings. The van der Waals surface area contributed by atoms with Crippen molar-refractivity contribution in [3.05, 3.63) is 75.7 Å². The molecule has 0 spiro atoms. The monoisotopic (exact) mass is 382 g/mol. The quantitative estimate of drug-likeness (QED) is 0.455. The Morgan fingerprint density at radius 1 is 1.11 bits per heavy atom.